The number of nitrogens with two attached hydrogens (primary N) is 1. The second kappa shape index (κ2) is 5.41. The summed E-state index contributed by atoms with van der Waals surface area (Å²) in [5.41, 5.74) is -1.06. The van der Waals surface area contributed by atoms with E-state index in [1.807, 2.05) is 0 Å². The van der Waals surface area contributed by atoms with Gasteiger partial charge in [-0.05, 0) is 33.8 Å². The summed E-state index contributed by atoms with van der Waals surface area (Å²) in [5.74, 6) is -0.603. The second-order valence-corrected chi connectivity index (χ2v) is 7.18. The first-order valence-electron chi connectivity index (χ1n) is 5.97. The van der Waals surface area contributed by atoms with E-state index in [0.717, 1.165) is 12.1 Å². The Morgan fingerprint density at radius 2 is 1.86 bits per heavy atom. The fourth-order valence-electron chi connectivity index (χ4n) is 1.67. The Balaban J connectivity index is 3.54. The number of nitro groups is 1. The number of rotatable bonds is 3. The number of nitrogens with one attached hydrogen (secondary N) is 1. The van der Waals surface area contributed by atoms with E-state index in [4.69, 9.17) is 5.14 Å². The molecule has 0 aliphatic heterocycles. The van der Waals surface area contributed by atoms with E-state index in [1.165, 1.54) is 6.92 Å². The molecule has 0 aliphatic carbocycles. The van der Waals surface area contributed by atoms with Crippen LogP contribution in [-0.4, -0.2) is 24.8 Å². The van der Waals surface area contributed by atoms with Gasteiger partial charge in [0.15, 0.2) is 0 Å². The van der Waals surface area contributed by atoms with Gasteiger partial charge in [-0.15, -0.1) is 0 Å². The molecule has 3 N–H and O–H groups in total. The van der Waals surface area contributed by atoms with Crippen molar-refractivity contribution in [3.8, 4) is 0 Å². The maximum atomic E-state index is 12.2. The van der Waals surface area contributed by atoms with E-state index in [2.05, 4.69) is 5.32 Å². The average Bonchev–Trinajstić information content (AvgIpc) is 2.24. The number of amides is 1. The van der Waals surface area contributed by atoms with Crippen molar-refractivity contribution in [3.05, 3.63) is 33.4 Å². The maximum absolute atomic E-state index is 12.2. The molecule has 1 aromatic carbocycles. The van der Waals surface area contributed by atoms with Gasteiger partial charge in [-0.25, -0.2) is 13.6 Å². The topological polar surface area (TPSA) is 132 Å². The van der Waals surface area contributed by atoms with Crippen LogP contribution >= 0.6 is 0 Å². The molecule has 21 heavy (non-hydrogen) atoms. The lowest BCUT2D eigenvalue weighted by Crippen LogP contribution is -2.41. The predicted molar refractivity (Wildman–Crippen MR) is 76.4 cm³/mol. The molecule has 0 unspecified atom stereocenters. The van der Waals surface area contributed by atoms with Crippen molar-refractivity contribution in [2.75, 3.05) is 0 Å². The zero-order valence-electron chi connectivity index (χ0n) is 12.1. The Kier molecular flexibility index (Phi) is 4.40. The van der Waals surface area contributed by atoms with Crippen LogP contribution in [0.3, 0.4) is 0 Å². The summed E-state index contributed by atoms with van der Waals surface area (Å²) in [5, 5.41) is 18.6. The fraction of sp³-hybridized carbons (Fsp3) is 0.417. The predicted octanol–water partition coefficient (Wildman–Crippen LogP) is 1.08. The third-order valence-electron chi connectivity index (χ3n) is 2.61. The molecule has 0 aromatic heterocycles. The Bertz CT molecular complexity index is 704. The smallest absolute Gasteiger partial charge is 0.274 e. The van der Waals surface area contributed by atoms with Crippen LogP contribution in [0.15, 0.2) is 17.0 Å². The Morgan fingerprint density at radius 3 is 2.24 bits per heavy atom. The van der Waals surface area contributed by atoms with Gasteiger partial charge < -0.3 is 5.32 Å². The van der Waals surface area contributed by atoms with E-state index in [-0.39, 0.29) is 11.1 Å². The average molecular weight is 315 g/mol. The number of primary sulfonamides is 1. The van der Waals surface area contributed by atoms with Crippen LogP contribution in [0, 0.1) is 17.0 Å². The summed E-state index contributed by atoms with van der Waals surface area (Å²) < 4.78 is 22.8. The first-order valence-corrected chi connectivity index (χ1v) is 7.52. The molecule has 0 saturated heterocycles. The first-order chi connectivity index (χ1) is 9.33. The van der Waals surface area contributed by atoms with E-state index >= 15 is 0 Å². The number of benzene rings is 1. The highest BCUT2D eigenvalue weighted by Gasteiger charge is 2.25. The first kappa shape index (κ1) is 17.1. The van der Waals surface area contributed by atoms with Gasteiger partial charge in [0, 0.05) is 17.2 Å². The molecule has 0 fully saturated rings. The van der Waals surface area contributed by atoms with Crippen LogP contribution < -0.4 is 10.5 Å². The highest BCUT2D eigenvalue weighted by Crippen LogP contribution is 2.26. The molecule has 8 nitrogen and oxygen atoms in total. The van der Waals surface area contributed by atoms with Gasteiger partial charge in [0.1, 0.15) is 0 Å². The molecule has 1 rings (SSSR count). The van der Waals surface area contributed by atoms with E-state index in [0.29, 0.717) is 0 Å². The molecule has 0 radical (unpaired) electrons. The third kappa shape index (κ3) is 4.23. The number of hydrogen-bond donors (Lipinski definition) is 2. The van der Waals surface area contributed by atoms with Gasteiger partial charge in [-0.2, -0.15) is 0 Å². The summed E-state index contributed by atoms with van der Waals surface area (Å²) in [6, 6.07) is 1.89. The van der Waals surface area contributed by atoms with Gasteiger partial charge in [0.2, 0.25) is 10.0 Å². The zero-order valence-corrected chi connectivity index (χ0v) is 12.9. The molecule has 1 aromatic rings. The normalized spacial score (nSPS) is 12.0. The van der Waals surface area contributed by atoms with Gasteiger partial charge in [0.25, 0.3) is 11.6 Å². The van der Waals surface area contributed by atoms with E-state index in [9.17, 15) is 23.3 Å². The molecule has 1 amide bonds. The Morgan fingerprint density at radius 1 is 1.33 bits per heavy atom. The lowest BCUT2D eigenvalue weighted by Gasteiger charge is -2.21. The standard InChI is InChI=1S/C12H17N3O5S/c1-7-9(11(16)14-12(2,3)4)5-8(21(13,19)20)6-10(7)15(17)18/h5-6H,1-4H3,(H,14,16)(H2,13,19,20). The van der Waals surface area contributed by atoms with Crippen molar-refractivity contribution in [3.63, 3.8) is 0 Å². The summed E-state index contributed by atoms with van der Waals surface area (Å²) in [6.07, 6.45) is 0. The van der Waals surface area contributed by atoms with Crippen molar-refractivity contribution in [2.24, 2.45) is 5.14 Å². The summed E-state index contributed by atoms with van der Waals surface area (Å²) in [7, 11) is -4.16. The molecule has 9 heteroatoms. The Labute approximate surface area is 122 Å². The second-order valence-electron chi connectivity index (χ2n) is 5.62. The molecule has 0 spiro atoms. The quantitative estimate of drug-likeness (QED) is 0.636. The highest BCUT2D eigenvalue weighted by atomic mass is 32.2. The largest absolute Gasteiger partial charge is 0.347 e. The van der Waals surface area contributed by atoms with Crippen molar-refractivity contribution in [1.29, 1.82) is 0 Å². The van der Waals surface area contributed by atoms with Crippen LogP contribution in [0.5, 0.6) is 0 Å². The molecule has 0 saturated carbocycles. The number of hydrogen-bond acceptors (Lipinski definition) is 5. The lowest BCUT2D eigenvalue weighted by atomic mass is 10.0. The number of carbonyl (C=O) groups is 1. The summed E-state index contributed by atoms with van der Waals surface area (Å²) in [4.78, 5) is 21.9. The maximum Gasteiger partial charge on any atom is 0.274 e. The van der Waals surface area contributed by atoms with E-state index < -0.39 is 37.0 Å². The van der Waals surface area contributed by atoms with Crippen molar-refractivity contribution >= 4 is 21.6 Å². The number of carbonyl (C=O) groups excluding carboxylic acids is 1. The highest BCUT2D eigenvalue weighted by molar-refractivity contribution is 7.89. The van der Waals surface area contributed by atoms with Crippen molar-refractivity contribution < 1.29 is 18.1 Å². The number of sulfonamides is 1. The van der Waals surface area contributed by atoms with E-state index in [1.54, 1.807) is 20.8 Å². The lowest BCUT2D eigenvalue weighted by molar-refractivity contribution is -0.385. The van der Waals surface area contributed by atoms with Gasteiger partial charge in [-0.3, -0.25) is 14.9 Å². The zero-order chi connectivity index (χ0) is 16.6. The number of nitrogens with zero attached hydrogens (tertiary/aromatic N) is 1. The van der Waals surface area contributed by atoms with Crippen LogP contribution in [0.2, 0.25) is 0 Å². The SMILES string of the molecule is Cc1c(C(=O)NC(C)(C)C)cc(S(N)(=O)=O)cc1[N+](=O)[O-]. The molecule has 0 aliphatic rings. The summed E-state index contributed by atoms with van der Waals surface area (Å²) >= 11 is 0. The molecule has 116 valence electrons. The van der Waals surface area contributed by atoms with Crippen LogP contribution in [0.1, 0.15) is 36.7 Å². The molecular weight excluding hydrogens is 298 g/mol. The van der Waals surface area contributed by atoms with Crippen LogP contribution in [-0.2, 0) is 10.0 Å². The minimum Gasteiger partial charge on any atom is -0.347 e. The molecule has 0 atom stereocenters. The molecular formula is C12H17N3O5S. The monoisotopic (exact) mass is 315 g/mol. The molecule has 0 bridgehead atoms. The number of nitro benzene ring substituents is 1. The molecule has 0 heterocycles. The minimum absolute atomic E-state index is 0.0779. The van der Waals surface area contributed by atoms with Crippen molar-refractivity contribution in [2.45, 2.75) is 38.1 Å². The Hall–Kier alpha value is -2.00. The van der Waals surface area contributed by atoms with Gasteiger partial charge >= 0.3 is 0 Å². The van der Waals surface area contributed by atoms with Crippen LogP contribution in [0.4, 0.5) is 5.69 Å². The summed E-state index contributed by atoms with van der Waals surface area (Å²) in [6.45, 7) is 6.58. The van der Waals surface area contributed by atoms with Crippen molar-refractivity contribution in [1.82, 2.24) is 5.32 Å². The van der Waals surface area contributed by atoms with Crippen LogP contribution in [0.25, 0.3) is 0 Å². The van der Waals surface area contributed by atoms with Gasteiger partial charge in [-0.1, -0.05) is 0 Å². The minimum atomic E-state index is -4.16. The third-order valence-corrected chi connectivity index (χ3v) is 3.50. The fourth-order valence-corrected chi connectivity index (χ4v) is 2.23. The van der Waals surface area contributed by atoms with Gasteiger partial charge in [0.05, 0.1) is 15.4 Å².